The van der Waals surface area contributed by atoms with E-state index in [1.807, 2.05) is 13.8 Å². The van der Waals surface area contributed by atoms with E-state index in [2.05, 4.69) is 5.32 Å². The molecule has 1 heterocycles. The quantitative estimate of drug-likeness (QED) is 0.698. The van der Waals surface area contributed by atoms with Gasteiger partial charge in [0.1, 0.15) is 0 Å². The monoisotopic (exact) mass is 302 g/mol. The van der Waals surface area contributed by atoms with Gasteiger partial charge in [-0.1, -0.05) is 0 Å². The molecular formula is C14H26N2O5. The van der Waals surface area contributed by atoms with E-state index in [0.717, 1.165) is 0 Å². The second-order valence-electron chi connectivity index (χ2n) is 6.77. The Kier molecular flexibility index (Phi) is 5.58. The molecule has 1 fully saturated rings. The SMILES string of the molecule is CC(C)(CCC(=O)O)NC(=O)N1CC(CO)OC(C)(C)C1. The third kappa shape index (κ3) is 5.89. The summed E-state index contributed by atoms with van der Waals surface area (Å²) in [6.07, 6.45) is -0.0477. The normalized spacial score (nSPS) is 22.0. The number of ether oxygens (including phenoxy) is 1. The average Bonchev–Trinajstić information content (AvgIpc) is 2.34. The summed E-state index contributed by atoms with van der Waals surface area (Å²) in [7, 11) is 0. The van der Waals surface area contributed by atoms with Crippen LogP contribution in [0.3, 0.4) is 0 Å². The van der Waals surface area contributed by atoms with Crippen molar-refractivity contribution in [2.75, 3.05) is 19.7 Å². The molecule has 21 heavy (non-hydrogen) atoms. The van der Waals surface area contributed by atoms with Gasteiger partial charge in [-0.2, -0.15) is 0 Å². The number of rotatable bonds is 5. The van der Waals surface area contributed by atoms with Gasteiger partial charge in [0, 0.05) is 12.0 Å². The van der Waals surface area contributed by atoms with Gasteiger partial charge in [0.2, 0.25) is 0 Å². The summed E-state index contributed by atoms with van der Waals surface area (Å²) in [6, 6.07) is -0.264. The highest BCUT2D eigenvalue weighted by molar-refractivity contribution is 5.75. The maximum atomic E-state index is 12.3. The zero-order valence-corrected chi connectivity index (χ0v) is 13.2. The summed E-state index contributed by atoms with van der Waals surface area (Å²) in [4.78, 5) is 24.6. The molecule has 1 rings (SSSR count). The molecule has 1 aliphatic heterocycles. The van der Waals surface area contributed by atoms with Crippen molar-refractivity contribution >= 4 is 12.0 Å². The van der Waals surface area contributed by atoms with E-state index in [0.29, 0.717) is 19.5 Å². The smallest absolute Gasteiger partial charge is 0.317 e. The summed E-state index contributed by atoms with van der Waals surface area (Å²) < 4.78 is 5.66. The Bertz CT molecular complexity index is 395. The number of morpholine rings is 1. The van der Waals surface area contributed by atoms with Gasteiger partial charge in [0.25, 0.3) is 0 Å². The first-order valence-corrected chi connectivity index (χ1v) is 7.12. The van der Waals surface area contributed by atoms with E-state index < -0.39 is 23.2 Å². The van der Waals surface area contributed by atoms with E-state index in [4.69, 9.17) is 9.84 Å². The third-order valence-corrected chi connectivity index (χ3v) is 3.38. The summed E-state index contributed by atoms with van der Waals surface area (Å²) >= 11 is 0. The minimum atomic E-state index is -0.884. The van der Waals surface area contributed by atoms with Crippen molar-refractivity contribution in [2.45, 2.75) is 57.8 Å². The molecule has 0 radical (unpaired) electrons. The summed E-state index contributed by atoms with van der Waals surface area (Å²) in [5.41, 5.74) is -1.12. The predicted octanol–water partition coefficient (Wildman–Crippen LogP) is 0.811. The molecule has 1 unspecified atom stereocenters. The van der Waals surface area contributed by atoms with Gasteiger partial charge in [-0.3, -0.25) is 4.79 Å². The van der Waals surface area contributed by atoms with E-state index in [-0.39, 0.29) is 19.1 Å². The number of nitrogens with one attached hydrogen (secondary N) is 1. The lowest BCUT2D eigenvalue weighted by molar-refractivity contribution is -0.138. The molecule has 1 saturated heterocycles. The maximum Gasteiger partial charge on any atom is 0.317 e. The van der Waals surface area contributed by atoms with Crippen molar-refractivity contribution in [1.29, 1.82) is 0 Å². The van der Waals surface area contributed by atoms with Crippen LogP contribution in [0.25, 0.3) is 0 Å². The molecule has 0 bridgehead atoms. The van der Waals surface area contributed by atoms with Gasteiger partial charge in [-0.25, -0.2) is 4.79 Å². The minimum Gasteiger partial charge on any atom is -0.481 e. The Labute approximate surface area is 125 Å². The lowest BCUT2D eigenvalue weighted by Gasteiger charge is -2.43. The summed E-state index contributed by atoms with van der Waals surface area (Å²) in [6.45, 7) is 7.92. The number of carbonyl (C=O) groups excluding carboxylic acids is 1. The highest BCUT2D eigenvalue weighted by Gasteiger charge is 2.36. The first kappa shape index (κ1) is 17.7. The Morgan fingerprint density at radius 2 is 2.05 bits per heavy atom. The van der Waals surface area contributed by atoms with Crippen LogP contribution >= 0.6 is 0 Å². The molecule has 0 aromatic heterocycles. The molecule has 1 atom stereocenters. The lowest BCUT2D eigenvalue weighted by Crippen LogP contribution is -2.60. The summed E-state index contributed by atoms with van der Waals surface area (Å²) in [5.74, 6) is -0.884. The standard InChI is InChI=1S/C14H26N2O5/c1-13(2,6-5-11(18)19)15-12(20)16-7-10(8-17)21-14(3,4)9-16/h10,17H,5-9H2,1-4H3,(H,15,20)(H,18,19). The van der Waals surface area contributed by atoms with Crippen LogP contribution in [0, 0.1) is 0 Å². The van der Waals surface area contributed by atoms with Crippen LogP contribution in [-0.2, 0) is 9.53 Å². The number of carboxylic acid groups (broad SMARTS) is 1. The summed E-state index contributed by atoms with van der Waals surface area (Å²) in [5, 5.41) is 20.8. The Hall–Kier alpha value is -1.34. The fourth-order valence-electron chi connectivity index (χ4n) is 2.40. The number of hydrogen-bond acceptors (Lipinski definition) is 4. The lowest BCUT2D eigenvalue weighted by atomic mass is 9.98. The zero-order chi connectivity index (χ0) is 16.3. The van der Waals surface area contributed by atoms with E-state index in [9.17, 15) is 14.7 Å². The molecule has 3 N–H and O–H groups in total. The molecule has 0 saturated carbocycles. The zero-order valence-electron chi connectivity index (χ0n) is 13.2. The Morgan fingerprint density at radius 1 is 1.43 bits per heavy atom. The first-order valence-electron chi connectivity index (χ1n) is 7.12. The van der Waals surface area contributed by atoms with Crippen molar-refractivity contribution in [2.24, 2.45) is 0 Å². The number of urea groups is 1. The molecule has 0 spiro atoms. The van der Waals surface area contributed by atoms with Crippen molar-refractivity contribution < 1.29 is 24.5 Å². The van der Waals surface area contributed by atoms with Gasteiger partial charge in [-0.05, 0) is 34.1 Å². The molecular weight excluding hydrogens is 276 g/mol. The van der Waals surface area contributed by atoms with Crippen LogP contribution in [-0.4, -0.2) is 64.1 Å². The fraction of sp³-hybridized carbons (Fsp3) is 0.857. The van der Waals surface area contributed by atoms with Crippen molar-refractivity contribution in [1.82, 2.24) is 10.2 Å². The van der Waals surface area contributed by atoms with Gasteiger partial charge in [-0.15, -0.1) is 0 Å². The third-order valence-electron chi connectivity index (χ3n) is 3.38. The number of nitrogens with zero attached hydrogens (tertiary/aromatic N) is 1. The molecule has 7 nitrogen and oxygen atoms in total. The van der Waals surface area contributed by atoms with Crippen molar-refractivity contribution in [3.05, 3.63) is 0 Å². The second-order valence-corrected chi connectivity index (χ2v) is 6.77. The van der Waals surface area contributed by atoms with Crippen LogP contribution in [0.15, 0.2) is 0 Å². The minimum absolute atomic E-state index is 0.00114. The number of amides is 2. The average molecular weight is 302 g/mol. The van der Waals surface area contributed by atoms with E-state index in [1.54, 1.807) is 18.7 Å². The predicted molar refractivity (Wildman–Crippen MR) is 77.1 cm³/mol. The van der Waals surface area contributed by atoms with E-state index in [1.165, 1.54) is 0 Å². The van der Waals surface area contributed by atoms with Crippen LogP contribution in [0.5, 0.6) is 0 Å². The second kappa shape index (κ2) is 6.62. The molecule has 122 valence electrons. The molecule has 2 amide bonds. The number of aliphatic hydroxyl groups is 1. The van der Waals surface area contributed by atoms with Gasteiger partial charge in [0.05, 0.1) is 31.4 Å². The van der Waals surface area contributed by atoms with Crippen LogP contribution in [0.2, 0.25) is 0 Å². The highest BCUT2D eigenvalue weighted by Crippen LogP contribution is 2.21. The van der Waals surface area contributed by atoms with E-state index >= 15 is 0 Å². The van der Waals surface area contributed by atoms with Crippen LogP contribution in [0.1, 0.15) is 40.5 Å². The molecule has 0 aromatic carbocycles. The largest absolute Gasteiger partial charge is 0.481 e. The van der Waals surface area contributed by atoms with Gasteiger partial charge >= 0.3 is 12.0 Å². The number of aliphatic carboxylic acids is 1. The van der Waals surface area contributed by atoms with Gasteiger partial charge in [0.15, 0.2) is 0 Å². The maximum absolute atomic E-state index is 12.3. The number of carboxylic acids is 1. The van der Waals surface area contributed by atoms with Crippen LogP contribution < -0.4 is 5.32 Å². The Morgan fingerprint density at radius 3 is 2.57 bits per heavy atom. The molecule has 0 aromatic rings. The number of hydrogen-bond donors (Lipinski definition) is 3. The van der Waals surface area contributed by atoms with Crippen LogP contribution in [0.4, 0.5) is 4.79 Å². The Balaban J connectivity index is 2.63. The van der Waals surface area contributed by atoms with Crippen molar-refractivity contribution in [3.8, 4) is 0 Å². The molecule has 0 aliphatic carbocycles. The number of carbonyl (C=O) groups is 2. The molecule has 7 heteroatoms. The highest BCUT2D eigenvalue weighted by atomic mass is 16.5. The number of aliphatic hydroxyl groups excluding tert-OH is 1. The molecule has 1 aliphatic rings. The first-order chi connectivity index (χ1) is 9.54. The van der Waals surface area contributed by atoms with Crippen molar-refractivity contribution in [3.63, 3.8) is 0 Å². The van der Waals surface area contributed by atoms with Gasteiger partial charge < -0.3 is 25.2 Å². The topological polar surface area (TPSA) is 99.1 Å². The fourth-order valence-corrected chi connectivity index (χ4v) is 2.40.